The van der Waals surface area contributed by atoms with Gasteiger partial charge in [-0.25, -0.2) is 4.99 Å². The Morgan fingerprint density at radius 1 is 1.12 bits per heavy atom. The van der Waals surface area contributed by atoms with Gasteiger partial charge in [-0.3, -0.25) is 0 Å². The standard InChI is InChI=1S/C15H12N2/c1-2-6-13-11(5-1)12-8-10-17-9-4-3-7-14(17)15(12)16-13/h1-8H,9-10H2. The van der Waals surface area contributed by atoms with Gasteiger partial charge in [-0.2, -0.15) is 0 Å². The van der Waals surface area contributed by atoms with Gasteiger partial charge in [0.1, 0.15) is 0 Å². The van der Waals surface area contributed by atoms with E-state index in [-0.39, 0.29) is 0 Å². The van der Waals surface area contributed by atoms with E-state index in [4.69, 9.17) is 4.99 Å². The van der Waals surface area contributed by atoms with E-state index >= 15 is 0 Å². The van der Waals surface area contributed by atoms with Crippen molar-refractivity contribution in [1.82, 2.24) is 4.90 Å². The second kappa shape index (κ2) is 3.20. The number of aliphatic imine (C=N–C) groups is 1. The highest BCUT2D eigenvalue weighted by Gasteiger charge is 2.29. The summed E-state index contributed by atoms with van der Waals surface area (Å²) >= 11 is 0. The van der Waals surface area contributed by atoms with Crippen LogP contribution in [0.5, 0.6) is 0 Å². The Balaban J connectivity index is 1.93. The van der Waals surface area contributed by atoms with Crippen LogP contribution in [0.25, 0.3) is 5.57 Å². The Hall–Kier alpha value is -2.09. The molecule has 1 aromatic carbocycles. The predicted octanol–water partition coefficient (Wildman–Crippen LogP) is 2.93. The maximum absolute atomic E-state index is 4.76. The SMILES string of the molecule is C1=CCN2CC=C3C(=Nc4ccccc43)C2=C1. The molecule has 0 spiro atoms. The first kappa shape index (κ1) is 8.99. The van der Waals surface area contributed by atoms with Crippen LogP contribution in [0, 0.1) is 0 Å². The largest absolute Gasteiger partial charge is 0.362 e. The molecule has 2 heteroatoms. The third kappa shape index (κ3) is 1.18. The van der Waals surface area contributed by atoms with Crippen LogP contribution in [0.3, 0.4) is 0 Å². The Morgan fingerprint density at radius 2 is 2.06 bits per heavy atom. The van der Waals surface area contributed by atoms with Crippen LogP contribution < -0.4 is 0 Å². The van der Waals surface area contributed by atoms with Crippen molar-refractivity contribution in [3.05, 3.63) is 59.8 Å². The van der Waals surface area contributed by atoms with Gasteiger partial charge in [0.05, 0.1) is 17.1 Å². The Bertz CT molecular complexity index is 618. The van der Waals surface area contributed by atoms with Crippen LogP contribution in [0.2, 0.25) is 0 Å². The van der Waals surface area contributed by atoms with Crippen LogP contribution in [0.1, 0.15) is 5.56 Å². The lowest BCUT2D eigenvalue weighted by atomic mass is 9.96. The molecule has 82 valence electrons. The molecule has 0 bridgehead atoms. The van der Waals surface area contributed by atoms with Gasteiger partial charge in [-0.05, 0) is 12.1 Å². The minimum atomic E-state index is 0.985. The van der Waals surface area contributed by atoms with Crippen LogP contribution in [0.15, 0.2) is 59.3 Å². The molecule has 0 aliphatic carbocycles. The van der Waals surface area contributed by atoms with Crippen LogP contribution >= 0.6 is 0 Å². The zero-order valence-electron chi connectivity index (χ0n) is 9.43. The van der Waals surface area contributed by atoms with Gasteiger partial charge in [0.2, 0.25) is 0 Å². The van der Waals surface area contributed by atoms with Crippen molar-refractivity contribution in [2.24, 2.45) is 4.99 Å². The number of fused-ring (bicyclic) bond motifs is 5. The van der Waals surface area contributed by atoms with Crippen molar-refractivity contribution in [3.63, 3.8) is 0 Å². The van der Waals surface area contributed by atoms with Gasteiger partial charge >= 0.3 is 0 Å². The minimum Gasteiger partial charge on any atom is -0.362 e. The summed E-state index contributed by atoms with van der Waals surface area (Å²) in [7, 11) is 0. The molecule has 0 atom stereocenters. The quantitative estimate of drug-likeness (QED) is 0.656. The number of para-hydroxylation sites is 1. The van der Waals surface area contributed by atoms with Crippen LogP contribution in [-0.2, 0) is 0 Å². The molecule has 3 aliphatic heterocycles. The van der Waals surface area contributed by atoms with Crippen LogP contribution in [0.4, 0.5) is 5.69 Å². The molecular weight excluding hydrogens is 208 g/mol. The molecule has 17 heavy (non-hydrogen) atoms. The maximum atomic E-state index is 4.76. The van der Waals surface area contributed by atoms with Gasteiger partial charge in [0.25, 0.3) is 0 Å². The summed E-state index contributed by atoms with van der Waals surface area (Å²) in [5.41, 5.74) is 6.09. The van der Waals surface area contributed by atoms with Crippen molar-refractivity contribution in [1.29, 1.82) is 0 Å². The molecule has 0 unspecified atom stereocenters. The normalized spacial score (nSPS) is 20.0. The van der Waals surface area contributed by atoms with Gasteiger partial charge in [-0.1, -0.05) is 36.4 Å². The van der Waals surface area contributed by atoms with E-state index in [2.05, 4.69) is 47.4 Å². The lowest BCUT2D eigenvalue weighted by Crippen LogP contribution is -2.33. The summed E-state index contributed by atoms with van der Waals surface area (Å²) in [6.07, 6.45) is 8.77. The second-order valence-electron chi connectivity index (χ2n) is 4.48. The molecule has 3 heterocycles. The van der Waals surface area contributed by atoms with E-state index in [9.17, 15) is 0 Å². The molecular formula is C15H12N2. The average molecular weight is 220 g/mol. The maximum Gasteiger partial charge on any atom is 0.0947 e. The predicted molar refractivity (Wildman–Crippen MR) is 70.3 cm³/mol. The highest BCUT2D eigenvalue weighted by Crippen LogP contribution is 2.39. The zero-order chi connectivity index (χ0) is 11.2. The van der Waals surface area contributed by atoms with Gasteiger partial charge in [0, 0.05) is 24.2 Å². The smallest absolute Gasteiger partial charge is 0.0947 e. The highest BCUT2D eigenvalue weighted by atomic mass is 15.2. The van der Waals surface area contributed by atoms with Crippen molar-refractivity contribution in [2.45, 2.75) is 0 Å². The van der Waals surface area contributed by atoms with Gasteiger partial charge < -0.3 is 4.90 Å². The van der Waals surface area contributed by atoms with Gasteiger partial charge in [-0.15, -0.1) is 0 Å². The summed E-state index contributed by atoms with van der Waals surface area (Å²) < 4.78 is 0. The Kier molecular flexibility index (Phi) is 1.69. The summed E-state index contributed by atoms with van der Waals surface area (Å²) in [6, 6.07) is 8.38. The van der Waals surface area contributed by atoms with Gasteiger partial charge in [0.15, 0.2) is 0 Å². The number of allylic oxidation sites excluding steroid dienone is 3. The fourth-order valence-electron chi connectivity index (χ4n) is 2.66. The third-order valence-corrected chi connectivity index (χ3v) is 3.50. The molecule has 0 N–H and O–H groups in total. The average Bonchev–Trinajstić information content (AvgIpc) is 2.78. The Morgan fingerprint density at radius 3 is 3.06 bits per heavy atom. The number of rotatable bonds is 0. The summed E-state index contributed by atoms with van der Waals surface area (Å²) in [6.45, 7) is 1.98. The van der Waals surface area contributed by atoms with E-state index in [1.165, 1.54) is 16.8 Å². The van der Waals surface area contributed by atoms with Crippen molar-refractivity contribution < 1.29 is 0 Å². The lowest BCUT2D eigenvalue weighted by Gasteiger charge is -2.31. The van der Waals surface area contributed by atoms with E-state index < -0.39 is 0 Å². The molecule has 0 saturated carbocycles. The molecule has 0 saturated heterocycles. The number of benzene rings is 1. The van der Waals surface area contributed by atoms with Crippen molar-refractivity contribution >= 4 is 17.0 Å². The van der Waals surface area contributed by atoms with Crippen molar-refractivity contribution in [2.75, 3.05) is 13.1 Å². The van der Waals surface area contributed by atoms with E-state index in [1.807, 2.05) is 6.07 Å². The van der Waals surface area contributed by atoms with E-state index in [1.54, 1.807) is 0 Å². The molecule has 4 rings (SSSR count). The number of hydrogen-bond acceptors (Lipinski definition) is 2. The molecule has 0 amide bonds. The first-order valence-corrected chi connectivity index (χ1v) is 5.94. The third-order valence-electron chi connectivity index (χ3n) is 3.50. The fraction of sp³-hybridized carbons (Fsp3) is 0.133. The lowest BCUT2D eigenvalue weighted by molar-refractivity contribution is 0.435. The van der Waals surface area contributed by atoms with E-state index in [0.717, 1.165) is 24.5 Å². The zero-order valence-corrected chi connectivity index (χ0v) is 9.43. The van der Waals surface area contributed by atoms with Crippen molar-refractivity contribution in [3.8, 4) is 0 Å². The number of hydrogen-bond donors (Lipinski definition) is 0. The first-order valence-electron chi connectivity index (χ1n) is 5.94. The first-order chi connectivity index (χ1) is 8.43. The topological polar surface area (TPSA) is 15.6 Å². The molecule has 3 aliphatic rings. The van der Waals surface area contributed by atoms with E-state index in [0.29, 0.717) is 0 Å². The van der Waals surface area contributed by atoms with Crippen LogP contribution in [-0.4, -0.2) is 23.7 Å². The molecule has 0 radical (unpaired) electrons. The minimum absolute atomic E-state index is 0.985. The highest BCUT2D eigenvalue weighted by molar-refractivity contribution is 6.36. The monoisotopic (exact) mass is 220 g/mol. The second-order valence-corrected chi connectivity index (χ2v) is 4.48. The molecule has 0 aromatic heterocycles. The summed E-state index contributed by atoms with van der Waals surface area (Å²) in [5.74, 6) is 0. The fourth-order valence-corrected chi connectivity index (χ4v) is 2.66. The Labute approximate surface area is 100 Å². The summed E-state index contributed by atoms with van der Waals surface area (Å²) in [5, 5.41) is 0. The molecule has 2 nitrogen and oxygen atoms in total. The molecule has 1 aromatic rings. The number of nitrogens with zero attached hydrogens (tertiary/aromatic N) is 2. The molecule has 0 fully saturated rings. The summed E-state index contributed by atoms with van der Waals surface area (Å²) in [4.78, 5) is 7.12.